The highest BCUT2D eigenvalue weighted by Crippen LogP contribution is 2.15. The number of carbonyl (C=O) groups is 1. The first-order valence-corrected chi connectivity index (χ1v) is 8.12. The van der Waals surface area contributed by atoms with Gasteiger partial charge in [0.2, 0.25) is 0 Å². The van der Waals surface area contributed by atoms with Crippen LogP contribution in [0.2, 0.25) is 0 Å². The molecule has 1 saturated heterocycles. The summed E-state index contributed by atoms with van der Waals surface area (Å²) < 4.78 is 5.27. The number of hydrogen-bond acceptors (Lipinski definition) is 3. The van der Waals surface area contributed by atoms with E-state index in [1.165, 1.54) is 5.56 Å². The first-order valence-electron chi connectivity index (χ1n) is 8.12. The highest BCUT2D eigenvalue weighted by atomic mass is 16.5. The number of benzene rings is 1. The maximum absolute atomic E-state index is 11.8. The first kappa shape index (κ1) is 16.8. The Balaban J connectivity index is 1.68. The molecule has 1 aromatic carbocycles. The fourth-order valence-corrected chi connectivity index (χ4v) is 2.57. The van der Waals surface area contributed by atoms with E-state index in [1.807, 2.05) is 6.07 Å². The Morgan fingerprint density at radius 3 is 2.45 bits per heavy atom. The van der Waals surface area contributed by atoms with Crippen molar-refractivity contribution >= 4 is 6.09 Å². The van der Waals surface area contributed by atoms with Crippen molar-refractivity contribution in [1.82, 2.24) is 10.2 Å². The van der Waals surface area contributed by atoms with Crippen molar-refractivity contribution in [3.8, 4) is 0 Å². The fourth-order valence-electron chi connectivity index (χ4n) is 2.57. The average Bonchev–Trinajstić information content (AvgIpc) is 2.48. The Morgan fingerprint density at radius 1 is 1.23 bits per heavy atom. The monoisotopic (exact) mass is 304 g/mol. The SMILES string of the molecule is CC(C)(C)COC(=O)NC1CCN(Cc2ccccc2)CC1. The molecule has 0 spiro atoms. The molecule has 22 heavy (non-hydrogen) atoms. The minimum absolute atomic E-state index is 0.0103. The minimum Gasteiger partial charge on any atom is -0.449 e. The summed E-state index contributed by atoms with van der Waals surface area (Å²) in [6, 6.07) is 10.8. The average molecular weight is 304 g/mol. The van der Waals surface area contributed by atoms with Crippen LogP contribution < -0.4 is 5.32 Å². The molecule has 0 atom stereocenters. The Hall–Kier alpha value is -1.55. The number of amides is 1. The standard InChI is InChI=1S/C18H28N2O2/c1-18(2,3)14-22-17(21)19-16-9-11-20(12-10-16)13-15-7-5-4-6-8-15/h4-8,16H,9-14H2,1-3H3,(H,19,21). The lowest BCUT2D eigenvalue weighted by molar-refractivity contribution is 0.0978. The van der Waals surface area contributed by atoms with Crippen molar-refractivity contribution in [2.45, 2.75) is 46.2 Å². The van der Waals surface area contributed by atoms with Gasteiger partial charge in [0.05, 0.1) is 6.61 Å². The molecule has 1 aliphatic heterocycles. The molecule has 1 N–H and O–H groups in total. The van der Waals surface area contributed by atoms with Crippen LogP contribution in [0.15, 0.2) is 30.3 Å². The third-order valence-electron chi connectivity index (χ3n) is 3.79. The summed E-state index contributed by atoms with van der Waals surface area (Å²) in [5.41, 5.74) is 1.36. The molecular formula is C18H28N2O2. The second-order valence-electron chi connectivity index (χ2n) is 7.32. The van der Waals surface area contributed by atoms with Gasteiger partial charge in [-0.15, -0.1) is 0 Å². The summed E-state index contributed by atoms with van der Waals surface area (Å²) in [4.78, 5) is 14.2. The van der Waals surface area contributed by atoms with Crippen LogP contribution in [0.25, 0.3) is 0 Å². The van der Waals surface area contributed by atoms with Crippen LogP contribution in [0, 0.1) is 5.41 Å². The van der Waals surface area contributed by atoms with Crippen LogP contribution in [-0.2, 0) is 11.3 Å². The van der Waals surface area contributed by atoms with Gasteiger partial charge in [-0.3, -0.25) is 4.90 Å². The van der Waals surface area contributed by atoms with E-state index in [2.05, 4.69) is 55.3 Å². The molecule has 0 saturated carbocycles. The van der Waals surface area contributed by atoms with E-state index in [-0.39, 0.29) is 17.6 Å². The summed E-state index contributed by atoms with van der Waals surface area (Å²) in [7, 11) is 0. The van der Waals surface area contributed by atoms with Gasteiger partial charge in [-0.1, -0.05) is 51.1 Å². The Labute approximate surface area is 133 Å². The van der Waals surface area contributed by atoms with Gasteiger partial charge >= 0.3 is 6.09 Å². The van der Waals surface area contributed by atoms with E-state index in [0.29, 0.717) is 6.61 Å². The molecule has 0 aromatic heterocycles. The van der Waals surface area contributed by atoms with Crippen LogP contribution in [0.3, 0.4) is 0 Å². The van der Waals surface area contributed by atoms with Gasteiger partial charge in [-0.2, -0.15) is 0 Å². The van der Waals surface area contributed by atoms with Crippen molar-refractivity contribution in [2.75, 3.05) is 19.7 Å². The number of carbonyl (C=O) groups excluding carboxylic acids is 1. The van der Waals surface area contributed by atoms with Crippen LogP contribution in [-0.4, -0.2) is 36.7 Å². The Morgan fingerprint density at radius 2 is 1.86 bits per heavy atom. The summed E-state index contributed by atoms with van der Waals surface area (Å²) in [6.45, 7) is 9.64. The molecule has 0 aliphatic carbocycles. The number of nitrogens with one attached hydrogen (secondary N) is 1. The first-order chi connectivity index (χ1) is 10.4. The number of alkyl carbamates (subject to hydrolysis) is 1. The van der Waals surface area contributed by atoms with E-state index in [4.69, 9.17) is 4.74 Å². The molecule has 0 radical (unpaired) electrons. The highest BCUT2D eigenvalue weighted by molar-refractivity contribution is 5.67. The zero-order valence-corrected chi connectivity index (χ0v) is 14.0. The van der Waals surface area contributed by atoms with Gasteiger partial charge in [0, 0.05) is 25.7 Å². The number of nitrogens with zero attached hydrogens (tertiary/aromatic N) is 1. The van der Waals surface area contributed by atoms with Gasteiger partial charge < -0.3 is 10.1 Å². The molecule has 1 heterocycles. The van der Waals surface area contributed by atoms with Gasteiger partial charge in [0.1, 0.15) is 0 Å². The lowest BCUT2D eigenvalue weighted by Crippen LogP contribution is -2.44. The third-order valence-corrected chi connectivity index (χ3v) is 3.79. The van der Waals surface area contributed by atoms with E-state index in [0.717, 1.165) is 32.5 Å². The highest BCUT2D eigenvalue weighted by Gasteiger charge is 2.22. The normalized spacial score (nSPS) is 17.2. The van der Waals surface area contributed by atoms with Crippen molar-refractivity contribution in [3.05, 3.63) is 35.9 Å². The lowest BCUT2D eigenvalue weighted by atomic mass is 9.99. The molecule has 1 fully saturated rings. The number of piperidine rings is 1. The van der Waals surface area contributed by atoms with E-state index in [9.17, 15) is 4.79 Å². The minimum atomic E-state index is -0.281. The van der Waals surface area contributed by atoms with Crippen LogP contribution in [0.5, 0.6) is 0 Å². The summed E-state index contributed by atoms with van der Waals surface area (Å²) in [6.07, 6.45) is 1.69. The maximum atomic E-state index is 11.8. The number of likely N-dealkylation sites (tertiary alicyclic amines) is 1. The van der Waals surface area contributed by atoms with Gasteiger partial charge in [-0.05, 0) is 23.8 Å². The summed E-state index contributed by atoms with van der Waals surface area (Å²) >= 11 is 0. The number of ether oxygens (including phenoxy) is 1. The van der Waals surface area contributed by atoms with E-state index >= 15 is 0 Å². The smallest absolute Gasteiger partial charge is 0.407 e. The predicted molar refractivity (Wildman–Crippen MR) is 88.7 cm³/mol. The van der Waals surface area contributed by atoms with Gasteiger partial charge in [0.25, 0.3) is 0 Å². The molecule has 2 rings (SSSR count). The molecule has 1 aromatic rings. The molecule has 0 unspecified atom stereocenters. The van der Waals surface area contributed by atoms with Crippen molar-refractivity contribution in [1.29, 1.82) is 0 Å². The van der Waals surface area contributed by atoms with E-state index in [1.54, 1.807) is 0 Å². The van der Waals surface area contributed by atoms with Gasteiger partial charge in [-0.25, -0.2) is 4.79 Å². The molecule has 0 bridgehead atoms. The van der Waals surface area contributed by atoms with E-state index < -0.39 is 0 Å². The second kappa shape index (κ2) is 7.63. The second-order valence-corrected chi connectivity index (χ2v) is 7.32. The Kier molecular flexibility index (Phi) is 5.83. The lowest BCUT2D eigenvalue weighted by Gasteiger charge is -2.32. The molecule has 4 nitrogen and oxygen atoms in total. The number of rotatable bonds is 4. The number of hydrogen-bond donors (Lipinski definition) is 1. The largest absolute Gasteiger partial charge is 0.449 e. The van der Waals surface area contributed by atoms with Crippen molar-refractivity contribution < 1.29 is 9.53 Å². The fraction of sp³-hybridized carbons (Fsp3) is 0.611. The Bertz CT molecular complexity index is 460. The summed E-state index contributed by atoms with van der Waals surface area (Å²) in [5, 5.41) is 2.99. The molecule has 122 valence electrons. The topological polar surface area (TPSA) is 41.6 Å². The molecular weight excluding hydrogens is 276 g/mol. The molecule has 4 heteroatoms. The molecule has 1 amide bonds. The van der Waals surface area contributed by atoms with Crippen molar-refractivity contribution in [3.63, 3.8) is 0 Å². The van der Waals surface area contributed by atoms with Crippen molar-refractivity contribution in [2.24, 2.45) is 5.41 Å². The van der Waals surface area contributed by atoms with Crippen LogP contribution in [0.4, 0.5) is 4.79 Å². The summed E-state index contributed by atoms with van der Waals surface area (Å²) in [5.74, 6) is 0. The maximum Gasteiger partial charge on any atom is 0.407 e. The van der Waals surface area contributed by atoms with Crippen LogP contribution >= 0.6 is 0 Å². The van der Waals surface area contributed by atoms with Gasteiger partial charge in [0.15, 0.2) is 0 Å². The zero-order chi connectivity index (χ0) is 16.0. The molecule has 1 aliphatic rings. The predicted octanol–water partition coefficient (Wildman–Crippen LogP) is 3.42. The zero-order valence-electron chi connectivity index (χ0n) is 14.0. The third kappa shape index (κ3) is 6.06. The van der Waals surface area contributed by atoms with Crippen LogP contribution in [0.1, 0.15) is 39.2 Å². The quantitative estimate of drug-likeness (QED) is 0.926.